The van der Waals surface area contributed by atoms with Crippen molar-refractivity contribution >= 4 is 6.09 Å². The summed E-state index contributed by atoms with van der Waals surface area (Å²) in [4.78, 5) is 11.5. The third-order valence-corrected chi connectivity index (χ3v) is 3.05. The molecule has 0 aliphatic heterocycles. The molecule has 0 aromatic heterocycles. The molecule has 1 aliphatic carbocycles. The Kier molecular flexibility index (Phi) is 3.72. The molecular formula is C13H17NO4. The average Bonchev–Trinajstić information content (AvgIpc) is 3.17. The second-order valence-corrected chi connectivity index (χ2v) is 4.49. The largest absolute Gasteiger partial charge is 0.497 e. The lowest BCUT2D eigenvalue weighted by Crippen LogP contribution is -2.39. The second kappa shape index (κ2) is 5.27. The SMILES string of the molecule is COc1ccc(COC(=O)NC2(CO)CC2)cc1. The summed E-state index contributed by atoms with van der Waals surface area (Å²) in [6, 6.07) is 7.30. The number of ether oxygens (including phenoxy) is 2. The molecular weight excluding hydrogens is 234 g/mol. The van der Waals surface area contributed by atoms with E-state index in [9.17, 15) is 4.79 Å². The summed E-state index contributed by atoms with van der Waals surface area (Å²) in [5.41, 5.74) is 0.455. The van der Waals surface area contributed by atoms with E-state index >= 15 is 0 Å². The Morgan fingerprint density at radius 2 is 2.06 bits per heavy atom. The Labute approximate surface area is 106 Å². The number of rotatable bonds is 5. The molecule has 0 bridgehead atoms. The van der Waals surface area contributed by atoms with Crippen LogP contribution in [0.4, 0.5) is 4.79 Å². The zero-order valence-corrected chi connectivity index (χ0v) is 10.3. The summed E-state index contributed by atoms with van der Waals surface area (Å²) < 4.78 is 10.1. The Bertz CT molecular complexity index is 412. The van der Waals surface area contributed by atoms with E-state index in [1.165, 1.54) is 0 Å². The number of alkyl carbamates (subject to hydrolysis) is 1. The fourth-order valence-electron chi connectivity index (χ4n) is 1.60. The van der Waals surface area contributed by atoms with Crippen LogP contribution in [0.1, 0.15) is 18.4 Å². The van der Waals surface area contributed by atoms with E-state index in [4.69, 9.17) is 14.6 Å². The molecule has 18 heavy (non-hydrogen) atoms. The van der Waals surface area contributed by atoms with Crippen LogP contribution in [0, 0.1) is 0 Å². The van der Waals surface area contributed by atoms with Gasteiger partial charge in [0, 0.05) is 0 Å². The number of carbonyl (C=O) groups excluding carboxylic acids is 1. The highest BCUT2D eigenvalue weighted by atomic mass is 16.5. The molecule has 1 aromatic rings. The van der Waals surface area contributed by atoms with Crippen molar-refractivity contribution in [3.05, 3.63) is 29.8 Å². The molecule has 2 N–H and O–H groups in total. The minimum atomic E-state index is -0.489. The van der Waals surface area contributed by atoms with Gasteiger partial charge in [-0.25, -0.2) is 4.79 Å². The molecule has 1 aliphatic rings. The normalized spacial score (nSPS) is 15.9. The zero-order chi connectivity index (χ0) is 13.0. The monoisotopic (exact) mass is 251 g/mol. The number of aliphatic hydroxyl groups is 1. The van der Waals surface area contributed by atoms with Crippen LogP contribution in [0.5, 0.6) is 5.75 Å². The predicted octanol–water partition coefficient (Wildman–Crippen LogP) is 1.45. The van der Waals surface area contributed by atoms with E-state index in [0.29, 0.717) is 0 Å². The minimum absolute atomic E-state index is 0.0371. The lowest BCUT2D eigenvalue weighted by atomic mass is 10.2. The number of amides is 1. The van der Waals surface area contributed by atoms with Crippen LogP contribution in [0.25, 0.3) is 0 Å². The first-order valence-corrected chi connectivity index (χ1v) is 5.86. The molecule has 0 radical (unpaired) electrons. The van der Waals surface area contributed by atoms with Gasteiger partial charge < -0.3 is 19.9 Å². The Morgan fingerprint density at radius 1 is 1.39 bits per heavy atom. The fourth-order valence-corrected chi connectivity index (χ4v) is 1.60. The third kappa shape index (κ3) is 3.13. The van der Waals surface area contributed by atoms with Gasteiger partial charge in [0.25, 0.3) is 0 Å². The van der Waals surface area contributed by atoms with Crippen molar-refractivity contribution in [1.29, 1.82) is 0 Å². The van der Waals surface area contributed by atoms with Gasteiger partial charge in [0.2, 0.25) is 0 Å². The molecule has 1 fully saturated rings. The van der Waals surface area contributed by atoms with Crippen molar-refractivity contribution in [3.8, 4) is 5.75 Å². The van der Waals surface area contributed by atoms with Crippen LogP contribution >= 0.6 is 0 Å². The highest BCUT2D eigenvalue weighted by Crippen LogP contribution is 2.34. The number of benzene rings is 1. The van der Waals surface area contributed by atoms with Crippen molar-refractivity contribution in [2.24, 2.45) is 0 Å². The summed E-state index contributed by atoms with van der Waals surface area (Å²) >= 11 is 0. The number of hydrogen-bond donors (Lipinski definition) is 2. The molecule has 0 atom stereocenters. The van der Waals surface area contributed by atoms with Crippen molar-refractivity contribution in [2.75, 3.05) is 13.7 Å². The maximum atomic E-state index is 11.5. The molecule has 0 heterocycles. The van der Waals surface area contributed by atoms with Gasteiger partial charge in [-0.05, 0) is 30.5 Å². The summed E-state index contributed by atoms with van der Waals surface area (Å²) in [5.74, 6) is 0.764. The number of carbonyl (C=O) groups is 1. The number of methoxy groups -OCH3 is 1. The number of aliphatic hydroxyl groups excluding tert-OH is 1. The maximum absolute atomic E-state index is 11.5. The van der Waals surface area contributed by atoms with Crippen LogP contribution in [-0.4, -0.2) is 30.5 Å². The lowest BCUT2D eigenvalue weighted by Gasteiger charge is -2.14. The Hall–Kier alpha value is -1.75. The van der Waals surface area contributed by atoms with Gasteiger partial charge in [0.05, 0.1) is 19.3 Å². The molecule has 98 valence electrons. The van der Waals surface area contributed by atoms with Gasteiger partial charge in [0.15, 0.2) is 0 Å². The fraction of sp³-hybridized carbons (Fsp3) is 0.462. The van der Waals surface area contributed by atoms with Crippen molar-refractivity contribution in [1.82, 2.24) is 5.32 Å². The molecule has 1 aromatic carbocycles. The van der Waals surface area contributed by atoms with Gasteiger partial charge in [-0.2, -0.15) is 0 Å². The topological polar surface area (TPSA) is 67.8 Å². The van der Waals surface area contributed by atoms with Gasteiger partial charge in [-0.1, -0.05) is 12.1 Å². The first kappa shape index (κ1) is 12.7. The van der Waals surface area contributed by atoms with Crippen LogP contribution < -0.4 is 10.1 Å². The molecule has 1 saturated carbocycles. The highest BCUT2D eigenvalue weighted by molar-refractivity contribution is 5.69. The highest BCUT2D eigenvalue weighted by Gasteiger charge is 2.43. The number of hydrogen-bond acceptors (Lipinski definition) is 4. The van der Waals surface area contributed by atoms with Gasteiger partial charge >= 0.3 is 6.09 Å². The first-order valence-electron chi connectivity index (χ1n) is 5.86. The van der Waals surface area contributed by atoms with Crippen LogP contribution in [-0.2, 0) is 11.3 Å². The number of nitrogens with one attached hydrogen (secondary N) is 1. The summed E-state index contributed by atoms with van der Waals surface area (Å²) in [5, 5.41) is 11.7. The first-order chi connectivity index (χ1) is 8.67. The standard InChI is InChI=1S/C13H17NO4/c1-17-11-4-2-10(3-5-11)8-18-12(16)14-13(9-15)6-7-13/h2-5,15H,6-9H2,1H3,(H,14,16). The minimum Gasteiger partial charge on any atom is -0.497 e. The zero-order valence-electron chi connectivity index (χ0n) is 10.3. The molecule has 5 heteroatoms. The quantitative estimate of drug-likeness (QED) is 0.831. The van der Waals surface area contributed by atoms with Gasteiger partial charge in [0.1, 0.15) is 12.4 Å². The van der Waals surface area contributed by atoms with Crippen molar-refractivity contribution < 1.29 is 19.4 Å². The van der Waals surface area contributed by atoms with E-state index < -0.39 is 11.6 Å². The predicted molar refractivity (Wildman–Crippen MR) is 65.4 cm³/mol. The Morgan fingerprint density at radius 3 is 2.56 bits per heavy atom. The van der Waals surface area contributed by atoms with E-state index in [-0.39, 0.29) is 13.2 Å². The van der Waals surface area contributed by atoms with E-state index in [2.05, 4.69) is 5.32 Å². The molecule has 0 saturated heterocycles. The third-order valence-electron chi connectivity index (χ3n) is 3.05. The molecule has 2 rings (SSSR count). The van der Waals surface area contributed by atoms with Crippen molar-refractivity contribution in [3.63, 3.8) is 0 Å². The molecule has 0 unspecified atom stereocenters. The Balaban J connectivity index is 1.78. The summed E-state index contributed by atoms with van der Waals surface area (Å²) in [6.45, 7) is 0.169. The summed E-state index contributed by atoms with van der Waals surface area (Å²) in [6.07, 6.45) is 1.12. The molecule has 5 nitrogen and oxygen atoms in total. The second-order valence-electron chi connectivity index (χ2n) is 4.49. The van der Waals surface area contributed by atoms with Crippen molar-refractivity contribution in [2.45, 2.75) is 25.0 Å². The van der Waals surface area contributed by atoms with Crippen LogP contribution in [0.3, 0.4) is 0 Å². The summed E-state index contributed by atoms with van der Waals surface area (Å²) in [7, 11) is 1.60. The maximum Gasteiger partial charge on any atom is 0.407 e. The average molecular weight is 251 g/mol. The van der Waals surface area contributed by atoms with E-state index in [1.807, 2.05) is 24.3 Å². The smallest absolute Gasteiger partial charge is 0.407 e. The molecule has 0 spiro atoms. The molecule has 1 amide bonds. The van der Waals surface area contributed by atoms with Crippen LogP contribution in [0.15, 0.2) is 24.3 Å². The lowest BCUT2D eigenvalue weighted by molar-refractivity contribution is 0.126. The van der Waals surface area contributed by atoms with Gasteiger partial charge in [-0.3, -0.25) is 0 Å². The van der Waals surface area contributed by atoms with Gasteiger partial charge in [-0.15, -0.1) is 0 Å². The van der Waals surface area contributed by atoms with E-state index in [1.54, 1.807) is 7.11 Å². The van der Waals surface area contributed by atoms with E-state index in [0.717, 1.165) is 24.2 Å². The van der Waals surface area contributed by atoms with Crippen LogP contribution in [0.2, 0.25) is 0 Å².